The van der Waals surface area contributed by atoms with Crippen LogP contribution < -0.4 is 0 Å². The van der Waals surface area contributed by atoms with E-state index in [2.05, 4.69) is 6.07 Å². The fraction of sp³-hybridized carbons (Fsp3) is 0.192. The van der Waals surface area contributed by atoms with Gasteiger partial charge >= 0.3 is 0 Å². The summed E-state index contributed by atoms with van der Waals surface area (Å²) in [5.74, 6) is -0.673. The molecule has 31 heavy (non-hydrogen) atoms. The van der Waals surface area contributed by atoms with Crippen LogP contribution in [0.2, 0.25) is 0 Å². The molecule has 5 nitrogen and oxygen atoms in total. The van der Waals surface area contributed by atoms with Crippen LogP contribution in [0.1, 0.15) is 53.8 Å². The van der Waals surface area contributed by atoms with Gasteiger partial charge in [0.25, 0.3) is 17.7 Å². The van der Waals surface area contributed by atoms with Crippen LogP contribution in [0.4, 0.5) is 0 Å². The second-order valence-corrected chi connectivity index (χ2v) is 8.04. The van der Waals surface area contributed by atoms with Crippen molar-refractivity contribution in [1.82, 2.24) is 9.80 Å². The first-order valence-electron chi connectivity index (χ1n) is 10.5. The van der Waals surface area contributed by atoms with Crippen molar-refractivity contribution >= 4 is 17.7 Å². The van der Waals surface area contributed by atoms with Crippen molar-refractivity contribution in [2.24, 2.45) is 0 Å². The van der Waals surface area contributed by atoms with E-state index in [-0.39, 0.29) is 30.3 Å². The van der Waals surface area contributed by atoms with E-state index in [1.165, 1.54) is 4.90 Å². The predicted octanol–water partition coefficient (Wildman–Crippen LogP) is 4.03. The SMILES string of the molecule is Cc1ccccc1C(=O)N1CCc2ccccc2C1CN1C(=O)c2ccccc2C1=O. The molecule has 0 aromatic heterocycles. The van der Waals surface area contributed by atoms with Crippen LogP contribution in [0.25, 0.3) is 0 Å². The van der Waals surface area contributed by atoms with Gasteiger partial charge in [-0.15, -0.1) is 0 Å². The van der Waals surface area contributed by atoms with Gasteiger partial charge in [-0.2, -0.15) is 0 Å². The lowest BCUT2D eigenvalue weighted by atomic mass is 9.91. The molecule has 3 aromatic carbocycles. The summed E-state index contributed by atoms with van der Waals surface area (Å²) in [6, 6.07) is 22.0. The third-order valence-electron chi connectivity index (χ3n) is 6.28. The normalized spacial score (nSPS) is 17.5. The van der Waals surface area contributed by atoms with Crippen molar-refractivity contribution < 1.29 is 14.4 Å². The molecule has 2 aliphatic heterocycles. The van der Waals surface area contributed by atoms with Crippen molar-refractivity contribution in [2.45, 2.75) is 19.4 Å². The van der Waals surface area contributed by atoms with Gasteiger partial charge in [-0.25, -0.2) is 0 Å². The molecule has 1 unspecified atom stereocenters. The summed E-state index contributed by atoms with van der Waals surface area (Å²) in [5, 5.41) is 0. The second-order valence-electron chi connectivity index (χ2n) is 8.04. The summed E-state index contributed by atoms with van der Waals surface area (Å²) in [6.07, 6.45) is 0.742. The quantitative estimate of drug-likeness (QED) is 0.613. The first kappa shape index (κ1) is 19.2. The number of amides is 3. The molecule has 0 saturated carbocycles. The average molecular weight is 410 g/mol. The smallest absolute Gasteiger partial charge is 0.261 e. The molecule has 0 saturated heterocycles. The maximum absolute atomic E-state index is 13.5. The van der Waals surface area contributed by atoms with Crippen molar-refractivity contribution in [3.05, 3.63) is 106 Å². The molecule has 2 heterocycles. The van der Waals surface area contributed by atoms with Crippen LogP contribution in [0.15, 0.2) is 72.8 Å². The Balaban J connectivity index is 1.53. The highest BCUT2D eigenvalue weighted by atomic mass is 16.2. The maximum Gasteiger partial charge on any atom is 0.261 e. The number of imide groups is 1. The fourth-order valence-electron chi connectivity index (χ4n) is 4.64. The van der Waals surface area contributed by atoms with Crippen LogP contribution in [-0.2, 0) is 6.42 Å². The van der Waals surface area contributed by atoms with Crippen molar-refractivity contribution in [1.29, 1.82) is 0 Å². The van der Waals surface area contributed by atoms with E-state index >= 15 is 0 Å². The van der Waals surface area contributed by atoms with Crippen LogP contribution in [-0.4, -0.2) is 40.6 Å². The summed E-state index contributed by atoms with van der Waals surface area (Å²) >= 11 is 0. The molecule has 5 rings (SSSR count). The van der Waals surface area contributed by atoms with E-state index < -0.39 is 0 Å². The number of aryl methyl sites for hydroxylation is 1. The van der Waals surface area contributed by atoms with Crippen LogP contribution in [0, 0.1) is 6.92 Å². The molecule has 0 fully saturated rings. The number of carbonyl (C=O) groups excluding carboxylic acids is 3. The minimum atomic E-state index is -0.390. The summed E-state index contributed by atoms with van der Waals surface area (Å²) in [6.45, 7) is 2.60. The predicted molar refractivity (Wildman–Crippen MR) is 117 cm³/mol. The third kappa shape index (κ3) is 3.13. The fourth-order valence-corrected chi connectivity index (χ4v) is 4.64. The monoisotopic (exact) mass is 410 g/mol. The highest BCUT2D eigenvalue weighted by molar-refractivity contribution is 6.21. The number of fused-ring (bicyclic) bond motifs is 2. The van der Waals surface area contributed by atoms with Crippen molar-refractivity contribution in [2.75, 3.05) is 13.1 Å². The standard InChI is InChI=1S/C26H22N2O3/c1-17-8-2-4-10-19(17)24(29)27-15-14-18-9-3-5-11-20(18)23(27)16-28-25(30)21-12-6-7-13-22(21)26(28)31/h2-13,23H,14-16H2,1H3. The Kier molecular flexibility index (Phi) is 4.66. The molecule has 0 bridgehead atoms. The van der Waals surface area contributed by atoms with Crippen LogP contribution in [0.3, 0.4) is 0 Å². The molecule has 0 N–H and O–H groups in total. The molecule has 5 heteroatoms. The van der Waals surface area contributed by atoms with Gasteiger partial charge in [-0.05, 0) is 48.2 Å². The van der Waals surface area contributed by atoms with Gasteiger partial charge < -0.3 is 4.90 Å². The van der Waals surface area contributed by atoms with Gasteiger partial charge in [0.15, 0.2) is 0 Å². The Morgan fingerprint density at radius 3 is 2.19 bits per heavy atom. The molecular formula is C26H22N2O3. The molecule has 0 radical (unpaired) electrons. The Hall–Kier alpha value is -3.73. The largest absolute Gasteiger partial charge is 0.329 e. The highest BCUT2D eigenvalue weighted by Gasteiger charge is 2.40. The molecule has 0 aliphatic carbocycles. The number of nitrogens with zero attached hydrogens (tertiary/aromatic N) is 2. The van der Waals surface area contributed by atoms with E-state index in [1.807, 2.05) is 54.3 Å². The Bertz CT molecular complexity index is 1180. The lowest BCUT2D eigenvalue weighted by molar-refractivity contribution is 0.0502. The molecular weight excluding hydrogens is 388 g/mol. The van der Waals surface area contributed by atoms with Crippen molar-refractivity contribution in [3.8, 4) is 0 Å². The summed E-state index contributed by atoms with van der Waals surface area (Å²) in [7, 11) is 0. The lowest BCUT2D eigenvalue weighted by Crippen LogP contribution is -2.46. The summed E-state index contributed by atoms with van der Waals surface area (Å²) in [4.78, 5) is 42.6. The molecule has 3 amide bonds. The molecule has 3 aromatic rings. The molecule has 2 aliphatic rings. The van der Waals surface area contributed by atoms with E-state index in [0.717, 1.165) is 23.1 Å². The van der Waals surface area contributed by atoms with Crippen LogP contribution >= 0.6 is 0 Å². The van der Waals surface area contributed by atoms with E-state index in [1.54, 1.807) is 24.3 Å². The first-order valence-corrected chi connectivity index (χ1v) is 10.5. The number of hydrogen-bond acceptors (Lipinski definition) is 3. The highest BCUT2D eigenvalue weighted by Crippen LogP contribution is 2.34. The Morgan fingerprint density at radius 1 is 0.871 bits per heavy atom. The van der Waals surface area contributed by atoms with Gasteiger partial charge in [0.2, 0.25) is 0 Å². The van der Waals surface area contributed by atoms with Gasteiger partial charge in [0.05, 0.1) is 23.7 Å². The summed E-state index contributed by atoms with van der Waals surface area (Å²) < 4.78 is 0. The first-order chi connectivity index (χ1) is 15.1. The zero-order chi connectivity index (χ0) is 21.5. The minimum absolute atomic E-state index is 0.0748. The van der Waals surface area contributed by atoms with Crippen LogP contribution in [0.5, 0.6) is 0 Å². The van der Waals surface area contributed by atoms with Gasteiger partial charge in [-0.1, -0.05) is 54.6 Å². The number of benzene rings is 3. The minimum Gasteiger partial charge on any atom is -0.329 e. The number of carbonyl (C=O) groups is 3. The number of hydrogen-bond donors (Lipinski definition) is 0. The Morgan fingerprint density at radius 2 is 1.48 bits per heavy atom. The zero-order valence-corrected chi connectivity index (χ0v) is 17.2. The summed E-state index contributed by atoms with van der Waals surface area (Å²) in [5.41, 5.74) is 4.55. The van der Waals surface area contributed by atoms with E-state index in [4.69, 9.17) is 0 Å². The molecule has 0 spiro atoms. The van der Waals surface area contributed by atoms with Gasteiger partial charge in [-0.3, -0.25) is 19.3 Å². The van der Waals surface area contributed by atoms with E-state index in [0.29, 0.717) is 23.2 Å². The van der Waals surface area contributed by atoms with Gasteiger partial charge in [0, 0.05) is 12.1 Å². The lowest BCUT2D eigenvalue weighted by Gasteiger charge is -2.39. The average Bonchev–Trinajstić information content (AvgIpc) is 3.04. The van der Waals surface area contributed by atoms with Gasteiger partial charge in [0.1, 0.15) is 0 Å². The number of rotatable bonds is 3. The molecule has 1 atom stereocenters. The van der Waals surface area contributed by atoms with E-state index in [9.17, 15) is 14.4 Å². The third-order valence-corrected chi connectivity index (χ3v) is 6.28. The second kappa shape index (κ2) is 7.51. The topological polar surface area (TPSA) is 57.7 Å². The Labute approximate surface area is 180 Å². The molecule has 154 valence electrons. The zero-order valence-electron chi connectivity index (χ0n) is 17.2. The maximum atomic E-state index is 13.5. The van der Waals surface area contributed by atoms with Crippen molar-refractivity contribution in [3.63, 3.8) is 0 Å².